The van der Waals surface area contributed by atoms with Gasteiger partial charge in [-0.15, -0.1) is 10.2 Å². The Morgan fingerprint density at radius 1 is 1.19 bits per heavy atom. The number of aromatic nitrogens is 3. The Kier molecular flexibility index (Phi) is 6.31. The van der Waals surface area contributed by atoms with Gasteiger partial charge in [0.25, 0.3) is 0 Å². The first-order valence-corrected chi connectivity index (χ1v) is 9.50. The van der Waals surface area contributed by atoms with E-state index in [4.69, 9.17) is 17.4 Å². The minimum atomic E-state index is -0.334. The van der Waals surface area contributed by atoms with E-state index in [0.29, 0.717) is 40.3 Å². The van der Waals surface area contributed by atoms with Crippen LogP contribution in [-0.4, -0.2) is 26.5 Å². The van der Waals surface area contributed by atoms with E-state index >= 15 is 0 Å². The van der Waals surface area contributed by atoms with Crippen LogP contribution in [0.2, 0.25) is 5.02 Å². The van der Waals surface area contributed by atoms with Gasteiger partial charge in [0.05, 0.1) is 0 Å². The Morgan fingerprint density at radius 2 is 1.93 bits per heavy atom. The van der Waals surface area contributed by atoms with Gasteiger partial charge in [-0.2, -0.15) is 0 Å². The van der Waals surface area contributed by atoms with Crippen LogP contribution >= 0.6 is 23.4 Å². The van der Waals surface area contributed by atoms with Crippen molar-refractivity contribution >= 4 is 29.3 Å². The summed E-state index contributed by atoms with van der Waals surface area (Å²) in [5.41, 5.74) is 1.53. The van der Waals surface area contributed by atoms with Crippen molar-refractivity contribution in [3.8, 4) is 11.4 Å². The molecule has 1 amide bonds. The molecule has 0 unspecified atom stereocenters. The minimum absolute atomic E-state index is 0.0933. The third-order valence-corrected chi connectivity index (χ3v) is 5.07. The first kappa shape index (κ1) is 19.2. The summed E-state index contributed by atoms with van der Waals surface area (Å²) in [6.45, 7) is 0.380. The Hall–Kier alpha value is -2.58. The summed E-state index contributed by atoms with van der Waals surface area (Å²) < 4.78 is 14.4. The van der Waals surface area contributed by atoms with Crippen molar-refractivity contribution in [1.82, 2.24) is 20.2 Å². The normalized spacial score (nSPS) is 10.7. The maximum absolute atomic E-state index is 13.0. The number of amides is 1. The fourth-order valence-corrected chi connectivity index (χ4v) is 3.33. The third-order valence-electron chi connectivity index (χ3n) is 3.76. The highest BCUT2D eigenvalue weighted by Gasteiger charge is 2.13. The second kappa shape index (κ2) is 8.88. The topological polar surface area (TPSA) is 85.8 Å². The molecule has 3 aromatic rings. The number of carbonyl (C=O) groups excluding carboxylic acids is 1. The number of thioether (sulfide) groups is 1. The minimum Gasteiger partial charge on any atom is -0.352 e. The highest BCUT2D eigenvalue weighted by atomic mass is 35.5. The van der Waals surface area contributed by atoms with Crippen LogP contribution in [0.3, 0.4) is 0 Å². The van der Waals surface area contributed by atoms with Gasteiger partial charge in [0.15, 0.2) is 5.82 Å². The summed E-state index contributed by atoms with van der Waals surface area (Å²) in [6, 6.07) is 13.2. The number of carbonyl (C=O) groups is 1. The molecule has 0 saturated heterocycles. The Balaban J connectivity index is 1.50. The average molecular weight is 406 g/mol. The van der Waals surface area contributed by atoms with Gasteiger partial charge in [0.2, 0.25) is 11.1 Å². The van der Waals surface area contributed by atoms with Crippen LogP contribution in [0.25, 0.3) is 11.4 Å². The van der Waals surface area contributed by atoms with Crippen molar-refractivity contribution in [2.75, 3.05) is 11.6 Å². The van der Waals surface area contributed by atoms with Crippen LogP contribution in [0.4, 0.5) is 4.39 Å². The zero-order valence-corrected chi connectivity index (χ0v) is 15.8. The van der Waals surface area contributed by atoms with E-state index < -0.39 is 0 Å². The van der Waals surface area contributed by atoms with Crippen molar-refractivity contribution in [1.29, 1.82) is 0 Å². The summed E-state index contributed by atoms with van der Waals surface area (Å²) in [7, 11) is 0. The van der Waals surface area contributed by atoms with Crippen molar-refractivity contribution in [2.45, 2.75) is 18.1 Å². The molecule has 0 aliphatic heterocycles. The largest absolute Gasteiger partial charge is 0.352 e. The maximum atomic E-state index is 13.0. The molecule has 0 aliphatic rings. The number of nitrogens with zero attached hydrogens (tertiary/aromatic N) is 3. The predicted octanol–water partition coefficient (Wildman–Crippen LogP) is 3.25. The van der Waals surface area contributed by atoms with Gasteiger partial charge in [-0.3, -0.25) is 4.79 Å². The van der Waals surface area contributed by atoms with Gasteiger partial charge < -0.3 is 11.2 Å². The number of halogens is 2. The molecular formula is C18H17ClFN5OS. The molecule has 1 aromatic heterocycles. The first-order chi connectivity index (χ1) is 13.0. The van der Waals surface area contributed by atoms with Gasteiger partial charge in [0, 0.05) is 29.3 Å². The number of hydrogen-bond donors (Lipinski definition) is 2. The lowest BCUT2D eigenvalue weighted by Gasteiger charge is -2.07. The fraction of sp³-hybridized carbons (Fsp3) is 0.167. The Bertz CT molecular complexity index is 932. The van der Waals surface area contributed by atoms with Gasteiger partial charge in [-0.1, -0.05) is 41.6 Å². The summed E-state index contributed by atoms with van der Waals surface area (Å²) in [6.07, 6.45) is 0.299. The highest BCUT2D eigenvalue weighted by Crippen LogP contribution is 2.22. The van der Waals surface area contributed by atoms with Crippen LogP contribution in [0.1, 0.15) is 12.0 Å². The van der Waals surface area contributed by atoms with Gasteiger partial charge in [-0.05, 0) is 35.9 Å². The SMILES string of the molecule is Nn1c(SCCC(=O)NCc2ccccc2Cl)nnc1-c1ccc(F)cc1. The molecule has 0 aliphatic carbocycles. The lowest BCUT2D eigenvalue weighted by molar-refractivity contribution is -0.120. The van der Waals surface area contributed by atoms with Gasteiger partial charge in [-0.25, -0.2) is 9.07 Å². The third kappa shape index (κ3) is 4.99. The number of nitrogen functional groups attached to an aromatic ring is 1. The standard InChI is InChI=1S/C18H17ClFN5OS/c19-15-4-2-1-3-13(15)11-22-16(26)9-10-27-18-24-23-17(25(18)21)12-5-7-14(20)8-6-12/h1-8H,9-11,21H2,(H,22,26). The van der Waals surface area contributed by atoms with E-state index in [1.165, 1.54) is 28.6 Å². The maximum Gasteiger partial charge on any atom is 0.221 e. The van der Waals surface area contributed by atoms with E-state index in [2.05, 4.69) is 15.5 Å². The van der Waals surface area contributed by atoms with Crippen molar-refractivity contribution in [3.63, 3.8) is 0 Å². The highest BCUT2D eigenvalue weighted by molar-refractivity contribution is 7.99. The van der Waals surface area contributed by atoms with E-state index in [-0.39, 0.29) is 11.7 Å². The fourth-order valence-electron chi connectivity index (χ4n) is 2.33. The zero-order chi connectivity index (χ0) is 19.2. The molecular weight excluding hydrogens is 389 g/mol. The Morgan fingerprint density at radius 3 is 2.67 bits per heavy atom. The molecule has 1 heterocycles. The molecule has 0 atom stereocenters. The van der Waals surface area contributed by atoms with Crippen molar-refractivity contribution in [3.05, 3.63) is 64.9 Å². The molecule has 27 heavy (non-hydrogen) atoms. The number of benzene rings is 2. The van der Waals surface area contributed by atoms with Crippen molar-refractivity contribution < 1.29 is 9.18 Å². The van der Waals surface area contributed by atoms with Gasteiger partial charge >= 0.3 is 0 Å². The molecule has 0 fully saturated rings. The van der Waals surface area contributed by atoms with E-state index in [1.54, 1.807) is 18.2 Å². The molecule has 2 aromatic carbocycles. The molecule has 0 saturated carbocycles. The summed E-state index contributed by atoms with van der Waals surface area (Å²) >= 11 is 7.39. The van der Waals surface area contributed by atoms with E-state index in [1.807, 2.05) is 18.2 Å². The lowest BCUT2D eigenvalue weighted by Crippen LogP contribution is -2.23. The quantitative estimate of drug-likeness (QED) is 0.465. The second-order valence-electron chi connectivity index (χ2n) is 5.65. The molecule has 9 heteroatoms. The van der Waals surface area contributed by atoms with Gasteiger partial charge in [0.1, 0.15) is 5.82 Å². The Labute approximate surface area is 164 Å². The molecule has 0 bridgehead atoms. The predicted molar refractivity (Wildman–Crippen MR) is 104 cm³/mol. The molecule has 3 N–H and O–H groups in total. The van der Waals surface area contributed by atoms with Crippen LogP contribution in [0.15, 0.2) is 53.7 Å². The monoisotopic (exact) mass is 405 g/mol. The molecule has 3 rings (SSSR count). The number of nitrogens with two attached hydrogens (primary N) is 1. The van der Waals surface area contributed by atoms with Crippen LogP contribution in [0.5, 0.6) is 0 Å². The molecule has 6 nitrogen and oxygen atoms in total. The van der Waals surface area contributed by atoms with Crippen LogP contribution < -0.4 is 11.2 Å². The number of hydrogen-bond acceptors (Lipinski definition) is 5. The summed E-state index contributed by atoms with van der Waals surface area (Å²) in [4.78, 5) is 12.0. The summed E-state index contributed by atoms with van der Waals surface area (Å²) in [5.74, 6) is 6.50. The lowest BCUT2D eigenvalue weighted by atomic mass is 10.2. The summed E-state index contributed by atoms with van der Waals surface area (Å²) in [5, 5.41) is 12.0. The molecule has 140 valence electrons. The zero-order valence-electron chi connectivity index (χ0n) is 14.2. The van der Waals surface area contributed by atoms with Crippen LogP contribution in [0, 0.1) is 5.82 Å². The van der Waals surface area contributed by atoms with E-state index in [0.717, 1.165) is 5.56 Å². The van der Waals surface area contributed by atoms with Crippen LogP contribution in [-0.2, 0) is 11.3 Å². The smallest absolute Gasteiger partial charge is 0.221 e. The second-order valence-corrected chi connectivity index (χ2v) is 7.12. The number of rotatable bonds is 7. The molecule has 0 radical (unpaired) electrons. The number of nitrogens with one attached hydrogen (secondary N) is 1. The molecule has 0 spiro atoms. The first-order valence-electron chi connectivity index (χ1n) is 8.14. The van der Waals surface area contributed by atoms with Crippen molar-refractivity contribution in [2.24, 2.45) is 0 Å². The average Bonchev–Trinajstić information content (AvgIpc) is 3.02. The van der Waals surface area contributed by atoms with E-state index in [9.17, 15) is 9.18 Å².